The molecule has 0 rings (SSSR count). The highest BCUT2D eigenvalue weighted by molar-refractivity contribution is 5.98. The maximum Gasteiger partial charge on any atom is 0.435 e. The molecule has 0 aliphatic carbocycles. The predicted molar refractivity (Wildman–Crippen MR) is 68.7 cm³/mol. The standard InChI is InChI=1S/C12H22N2O4/c1-6-8(3)17-11(15)13-10(5)14-12(16)18-9(4)7-2/h8-9H,6-7H2,1-5H3,(H,13,14,15,16). The van der Waals surface area contributed by atoms with E-state index in [1.54, 1.807) is 13.8 Å². The number of carbonyl (C=O) groups is 2. The molecule has 6 heteroatoms. The molecule has 0 heterocycles. The Kier molecular flexibility index (Phi) is 7.74. The Morgan fingerprint density at radius 1 is 1.11 bits per heavy atom. The molecule has 1 N–H and O–H groups in total. The van der Waals surface area contributed by atoms with Crippen LogP contribution < -0.4 is 5.32 Å². The van der Waals surface area contributed by atoms with Gasteiger partial charge in [0.25, 0.3) is 0 Å². The number of nitrogens with one attached hydrogen (secondary N) is 1. The first kappa shape index (κ1) is 16.4. The summed E-state index contributed by atoms with van der Waals surface area (Å²) in [6.45, 7) is 8.85. The van der Waals surface area contributed by atoms with Crippen LogP contribution in [-0.4, -0.2) is 30.2 Å². The van der Waals surface area contributed by atoms with E-state index in [9.17, 15) is 9.59 Å². The van der Waals surface area contributed by atoms with Gasteiger partial charge in [0, 0.05) is 0 Å². The highest BCUT2D eigenvalue weighted by Gasteiger charge is 2.10. The molecule has 18 heavy (non-hydrogen) atoms. The van der Waals surface area contributed by atoms with E-state index < -0.39 is 12.2 Å². The Hall–Kier alpha value is -1.59. The second-order valence-electron chi connectivity index (χ2n) is 4.05. The van der Waals surface area contributed by atoms with Crippen molar-refractivity contribution >= 4 is 18.0 Å². The highest BCUT2D eigenvalue weighted by Crippen LogP contribution is 1.99. The molecule has 0 saturated carbocycles. The number of hydrogen-bond acceptors (Lipinski definition) is 4. The summed E-state index contributed by atoms with van der Waals surface area (Å²) < 4.78 is 9.91. The Balaban J connectivity index is 4.18. The fourth-order valence-electron chi connectivity index (χ4n) is 0.890. The van der Waals surface area contributed by atoms with Crippen LogP contribution in [0.15, 0.2) is 4.99 Å². The molecule has 6 nitrogen and oxygen atoms in total. The number of ether oxygens (including phenoxy) is 2. The summed E-state index contributed by atoms with van der Waals surface area (Å²) in [5.74, 6) is 0.150. The van der Waals surface area contributed by atoms with Crippen molar-refractivity contribution in [3.8, 4) is 0 Å². The third-order valence-electron chi connectivity index (χ3n) is 2.30. The lowest BCUT2D eigenvalue weighted by atomic mass is 10.3. The number of alkyl carbamates (subject to hydrolysis) is 1. The molecule has 0 aromatic rings. The van der Waals surface area contributed by atoms with Crippen molar-refractivity contribution in [2.24, 2.45) is 4.99 Å². The Morgan fingerprint density at radius 3 is 2.11 bits per heavy atom. The Morgan fingerprint density at radius 2 is 1.61 bits per heavy atom. The van der Waals surface area contributed by atoms with E-state index in [1.165, 1.54) is 6.92 Å². The molecule has 0 aliphatic rings. The van der Waals surface area contributed by atoms with Crippen molar-refractivity contribution in [3.05, 3.63) is 0 Å². The molecule has 0 aromatic heterocycles. The van der Waals surface area contributed by atoms with Gasteiger partial charge in [0.15, 0.2) is 0 Å². The third-order valence-corrected chi connectivity index (χ3v) is 2.30. The molecular weight excluding hydrogens is 236 g/mol. The van der Waals surface area contributed by atoms with Gasteiger partial charge in [-0.15, -0.1) is 0 Å². The summed E-state index contributed by atoms with van der Waals surface area (Å²) in [5.41, 5.74) is 0. The average Bonchev–Trinajstić information content (AvgIpc) is 2.27. The second-order valence-corrected chi connectivity index (χ2v) is 4.05. The van der Waals surface area contributed by atoms with Gasteiger partial charge in [0.1, 0.15) is 18.0 Å². The van der Waals surface area contributed by atoms with Crippen LogP contribution in [-0.2, 0) is 9.47 Å². The molecule has 0 aliphatic heterocycles. The van der Waals surface area contributed by atoms with Crippen molar-refractivity contribution in [1.29, 1.82) is 0 Å². The van der Waals surface area contributed by atoms with Crippen LogP contribution in [0.5, 0.6) is 0 Å². The summed E-state index contributed by atoms with van der Waals surface area (Å²) in [6.07, 6.45) is -0.276. The molecule has 0 saturated heterocycles. The van der Waals surface area contributed by atoms with Crippen LogP contribution >= 0.6 is 0 Å². The Bertz CT molecular complexity index is 315. The number of carbonyl (C=O) groups excluding carboxylic acids is 2. The molecular formula is C12H22N2O4. The SMILES string of the molecule is CCC(C)OC(=O)/N=C(\C)NC(=O)OC(C)CC. The number of nitrogens with zero attached hydrogens (tertiary/aromatic N) is 1. The number of amides is 2. The average molecular weight is 258 g/mol. The van der Waals surface area contributed by atoms with Crippen LogP contribution in [0.1, 0.15) is 47.5 Å². The molecule has 2 amide bonds. The fourth-order valence-corrected chi connectivity index (χ4v) is 0.890. The van der Waals surface area contributed by atoms with Crippen LogP contribution in [0, 0.1) is 0 Å². The molecule has 104 valence electrons. The first-order valence-corrected chi connectivity index (χ1v) is 6.12. The summed E-state index contributed by atoms with van der Waals surface area (Å²) >= 11 is 0. The monoisotopic (exact) mass is 258 g/mol. The van der Waals surface area contributed by atoms with E-state index >= 15 is 0 Å². The van der Waals surface area contributed by atoms with E-state index in [4.69, 9.17) is 9.47 Å². The number of rotatable bonds is 4. The summed E-state index contributed by atoms with van der Waals surface area (Å²) in [5, 5.41) is 2.36. The predicted octanol–water partition coefficient (Wildman–Crippen LogP) is 2.86. The van der Waals surface area contributed by atoms with Gasteiger partial charge < -0.3 is 9.47 Å². The van der Waals surface area contributed by atoms with Gasteiger partial charge >= 0.3 is 12.2 Å². The molecule has 0 bridgehead atoms. The van der Waals surface area contributed by atoms with Crippen LogP contribution in [0.3, 0.4) is 0 Å². The molecule has 0 spiro atoms. The maximum absolute atomic E-state index is 11.3. The van der Waals surface area contributed by atoms with Gasteiger partial charge in [-0.25, -0.2) is 9.59 Å². The van der Waals surface area contributed by atoms with E-state index in [2.05, 4.69) is 10.3 Å². The zero-order valence-corrected chi connectivity index (χ0v) is 11.6. The van der Waals surface area contributed by atoms with Gasteiger partial charge in [-0.1, -0.05) is 13.8 Å². The van der Waals surface area contributed by atoms with E-state index in [0.717, 1.165) is 6.42 Å². The number of hydrogen-bond donors (Lipinski definition) is 1. The van der Waals surface area contributed by atoms with Crippen molar-refractivity contribution in [2.75, 3.05) is 0 Å². The minimum absolute atomic E-state index is 0.150. The molecule has 0 fully saturated rings. The van der Waals surface area contributed by atoms with Gasteiger partial charge in [0.2, 0.25) is 0 Å². The largest absolute Gasteiger partial charge is 0.446 e. The summed E-state index contributed by atoms with van der Waals surface area (Å²) in [6, 6.07) is 0. The van der Waals surface area contributed by atoms with Crippen molar-refractivity contribution in [1.82, 2.24) is 5.32 Å². The van der Waals surface area contributed by atoms with Crippen molar-refractivity contribution in [3.63, 3.8) is 0 Å². The zero-order chi connectivity index (χ0) is 14.1. The van der Waals surface area contributed by atoms with Gasteiger partial charge in [0.05, 0.1) is 0 Å². The Labute approximate surface area is 108 Å². The van der Waals surface area contributed by atoms with Crippen LogP contribution in [0.25, 0.3) is 0 Å². The lowest BCUT2D eigenvalue weighted by molar-refractivity contribution is 0.109. The lowest BCUT2D eigenvalue weighted by Gasteiger charge is -2.11. The van der Waals surface area contributed by atoms with E-state index in [-0.39, 0.29) is 18.0 Å². The van der Waals surface area contributed by atoms with Crippen molar-refractivity contribution < 1.29 is 19.1 Å². The topological polar surface area (TPSA) is 77.0 Å². The first-order chi connectivity index (χ1) is 8.38. The second kappa shape index (κ2) is 8.49. The molecule has 2 unspecified atom stereocenters. The number of amidine groups is 1. The number of aliphatic imine (C=N–C) groups is 1. The maximum atomic E-state index is 11.3. The normalized spacial score (nSPS) is 14.6. The van der Waals surface area contributed by atoms with Gasteiger partial charge in [-0.2, -0.15) is 4.99 Å². The van der Waals surface area contributed by atoms with Crippen LogP contribution in [0.2, 0.25) is 0 Å². The third kappa shape index (κ3) is 7.65. The minimum atomic E-state index is -0.717. The summed E-state index contributed by atoms with van der Waals surface area (Å²) in [7, 11) is 0. The van der Waals surface area contributed by atoms with Crippen LogP contribution in [0.4, 0.5) is 9.59 Å². The van der Waals surface area contributed by atoms with E-state index in [1.807, 2.05) is 13.8 Å². The van der Waals surface area contributed by atoms with Crippen molar-refractivity contribution in [2.45, 2.75) is 59.7 Å². The molecule has 0 aromatic carbocycles. The van der Waals surface area contributed by atoms with Gasteiger partial charge in [-0.3, -0.25) is 5.32 Å². The first-order valence-electron chi connectivity index (χ1n) is 6.12. The highest BCUT2D eigenvalue weighted by atomic mass is 16.6. The van der Waals surface area contributed by atoms with E-state index in [0.29, 0.717) is 6.42 Å². The zero-order valence-electron chi connectivity index (χ0n) is 11.6. The summed E-state index contributed by atoms with van der Waals surface area (Å²) in [4.78, 5) is 26.2. The van der Waals surface area contributed by atoms with Gasteiger partial charge in [-0.05, 0) is 33.6 Å². The fraction of sp³-hybridized carbons (Fsp3) is 0.750. The minimum Gasteiger partial charge on any atom is -0.446 e. The smallest absolute Gasteiger partial charge is 0.435 e. The molecule has 0 radical (unpaired) electrons. The lowest BCUT2D eigenvalue weighted by Crippen LogP contribution is -2.32. The molecule has 2 atom stereocenters. The quantitative estimate of drug-likeness (QED) is 0.621.